The number of nitrogens with one attached hydrogen (secondary N) is 5. The number of ether oxygens (including phenoxy) is 1. The minimum atomic E-state index is -1.29. The Balaban J connectivity index is 0.000000472. The Labute approximate surface area is 388 Å². The highest BCUT2D eigenvalue weighted by Crippen LogP contribution is 2.19. The van der Waals surface area contributed by atoms with E-state index in [0.717, 1.165) is 10.4 Å². The van der Waals surface area contributed by atoms with Crippen LogP contribution in [0.5, 0.6) is 5.75 Å². The van der Waals surface area contributed by atoms with E-state index in [1.54, 1.807) is 54.6 Å². The van der Waals surface area contributed by atoms with Gasteiger partial charge in [-0.25, -0.2) is 4.79 Å². The number of thiophene rings is 1. The molecule has 1 aromatic heterocycles. The van der Waals surface area contributed by atoms with E-state index < -0.39 is 72.8 Å². The number of hydrogen-bond donors (Lipinski definition) is 6. The molecule has 66 heavy (non-hydrogen) atoms. The maximum Gasteiger partial charge on any atom is 0.326 e. The van der Waals surface area contributed by atoms with E-state index in [4.69, 9.17) is 4.74 Å². The van der Waals surface area contributed by atoms with Crippen LogP contribution in [0.2, 0.25) is 0 Å². The number of fused-ring (bicyclic) bond motifs is 16. The first-order valence-corrected chi connectivity index (χ1v) is 22.5. The number of carboxylic acids is 1. The summed E-state index contributed by atoms with van der Waals surface area (Å²) in [6.45, 7) is 1.22. The zero-order valence-electron chi connectivity index (χ0n) is 36.5. The summed E-state index contributed by atoms with van der Waals surface area (Å²) in [5.41, 5.74) is 6.08. The molecule has 0 saturated heterocycles. The zero-order valence-corrected chi connectivity index (χ0v) is 37.3. The minimum Gasteiger partial charge on any atom is -0.484 e. The van der Waals surface area contributed by atoms with Crippen LogP contribution in [0.3, 0.4) is 0 Å². The molecule has 6 N–H and O–H groups in total. The molecule has 8 rings (SSSR count). The fourth-order valence-corrected chi connectivity index (χ4v) is 7.87. The van der Waals surface area contributed by atoms with Gasteiger partial charge in [0.2, 0.25) is 23.6 Å². The molecule has 4 atom stereocenters. The number of carbonyl (C=O) groups excluding carboxylic acids is 5. The third-order valence-corrected chi connectivity index (χ3v) is 11.6. The molecular weight excluding hydrogens is 855 g/mol. The lowest BCUT2D eigenvalue weighted by Crippen LogP contribution is -2.57. The van der Waals surface area contributed by atoms with Gasteiger partial charge in [-0.05, 0) is 71.2 Å². The van der Waals surface area contributed by atoms with E-state index in [1.165, 1.54) is 28.0 Å². The van der Waals surface area contributed by atoms with Crippen molar-refractivity contribution in [3.63, 3.8) is 0 Å². The third-order valence-electron chi connectivity index (χ3n) is 10.7. The largest absolute Gasteiger partial charge is 0.484 e. The third kappa shape index (κ3) is 15.3. The first-order valence-electron chi connectivity index (χ1n) is 21.6. The predicted octanol–water partition coefficient (Wildman–Crippen LogP) is 5.60. The summed E-state index contributed by atoms with van der Waals surface area (Å²) in [5.74, 6) is -4.13. The topological polar surface area (TPSA) is 192 Å². The van der Waals surface area contributed by atoms with Crippen molar-refractivity contribution in [1.82, 2.24) is 26.6 Å². The second-order valence-electron chi connectivity index (χ2n) is 15.8. The summed E-state index contributed by atoms with van der Waals surface area (Å²) in [4.78, 5) is 80.3. The smallest absolute Gasteiger partial charge is 0.326 e. The Morgan fingerprint density at radius 2 is 1.32 bits per heavy atom. The van der Waals surface area contributed by atoms with E-state index in [1.807, 2.05) is 53.9 Å². The Morgan fingerprint density at radius 1 is 0.697 bits per heavy atom. The highest BCUT2D eigenvalue weighted by molar-refractivity contribution is 7.09. The standard InChI is InChI=1S/C39H41N5O8S.C13H12/c45-34-23-40-36(47)32(22-29-12-7-19-53-29)42-35(46)24-52-28-16-13-27(14-17-28)20-31(38(49)44-33(39(50)51)21-26-10-5-2-6-11-26)43-37(48)30(41-34)18-15-25-8-3-1-4-9-25;1-11-7-9-13(10-8-11)12-5-3-2-4-6-12/h1-14,16-17,19,30-33H,15,18,20-24H2,(H,40,47)(H,41,45)(H,42,46)(H,43,48)(H,44,49)(H,50,51);2-10H,1H3/t30-,31+,32-,33-;/m1./s1. The molecule has 13 nitrogen and oxygen atoms in total. The summed E-state index contributed by atoms with van der Waals surface area (Å²) < 4.78 is 5.66. The zero-order chi connectivity index (χ0) is 46.7. The molecule has 0 saturated carbocycles. The molecule has 340 valence electrons. The molecule has 0 spiro atoms. The van der Waals surface area contributed by atoms with E-state index in [-0.39, 0.29) is 25.7 Å². The number of carboxylic acid groups (broad SMARTS) is 1. The van der Waals surface area contributed by atoms with Crippen molar-refractivity contribution in [3.05, 3.63) is 184 Å². The number of carbonyl (C=O) groups is 6. The SMILES string of the molecule is Cc1ccc(-c2ccccc2)cc1.O=C1COc2ccc(cc2)C[C@@H](C(=O)N[C@H](Cc2ccccc2)C(=O)O)NC(=O)[C@@H](CCc2ccccc2)NC(=O)CNC(=O)[C@@H](Cc2cccs2)N1. The highest BCUT2D eigenvalue weighted by atomic mass is 32.1. The predicted molar refractivity (Wildman–Crippen MR) is 254 cm³/mol. The summed E-state index contributed by atoms with van der Waals surface area (Å²) in [7, 11) is 0. The van der Waals surface area contributed by atoms with Crippen LogP contribution in [0.15, 0.2) is 157 Å². The highest BCUT2D eigenvalue weighted by Gasteiger charge is 2.31. The fraction of sp³-hybridized carbons (Fsp3) is 0.231. The average Bonchev–Trinajstić information content (AvgIpc) is 3.85. The molecule has 0 fully saturated rings. The van der Waals surface area contributed by atoms with Gasteiger partial charge in [-0.1, -0.05) is 139 Å². The lowest BCUT2D eigenvalue weighted by molar-refractivity contribution is -0.142. The van der Waals surface area contributed by atoms with Gasteiger partial charge in [0.15, 0.2) is 6.61 Å². The lowest BCUT2D eigenvalue weighted by Gasteiger charge is -2.25. The van der Waals surface area contributed by atoms with Crippen LogP contribution in [0.4, 0.5) is 0 Å². The summed E-state index contributed by atoms with van der Waals surface area (Å²) in [5, 5.41) is 25.1. The number of aryl methyl sites for hydroxylation is 2. The second-order valence-corrected chi connectivity index (χ2v) is 16.8. The maximum absolute atomic E-state index is 14.0. The fourth-order valence-electron chi connectivity index (χ4n) is 7.12. The van der Waals surface area contributed by atoms with Gasteiger partial charge >= 0.3 is 5.97 Å². The van der Waals surface area contributed by atoms with E-state index >= 15 is 0 Å². The normalized spacial score (nSPS) is 17.3. The van der Waals surface area contributed by atoms with Crippen LogP contribution in [-0.2, 0) is 54.5 Å². The minimum absolute atomic E-state index is 0.0118. The van der Waals surface area contributed by atoms with Crippen molar-refractivity contribution in [2.75, 3.05) is 13.2 Å². The molecular formula is C52H53N5O8S. The van der Waals surface area contributed by atoms with Crippen LogP contribution < -0.4 is 31.3 Å². The van der Waals surface area contributed by atoms with Crippen LogP contribution in [-0.4, -0.2) is 77.9 Å². The number of rotatable bonds is 11. The summed E-state index contributed by atoms with van der Waals surface area (Å²) in [6, 6.07) is 42.7. The molecule has 0 aliphatic carbocycles. The second kappa shape index (κ2) is 24.5. The van der Waals surface area contributed by atoms with Crippen molar-refractivity contribution < 1.29 is 38.6 Å². The number of aliphatic carboxylic acids is 1. The molecule has 5 amide bonds. The van der Waals surface area contributed by atoms with Crippen molar-refractivity contribution >= 4 is 46.8 Å². The number of amides is 5. The van der Waals surface area contributed by atoms with E-state index in [2.05, 4.69) is 82.0 Å². The first kappa shape index (κ1) is 47.9. The van der Waals surface area contributed by atoms with Crippen molar-refractivity contribution in [2.24, 2.45) is 0 Å². The van der Waals surface area contributed by atoms with Gasteiger partial charge < -0.3 is 36.4 Å². The molecule has 2 aliphatic rings. The average molecular weight is 908 g/mol. The first-order chi connectivity index (χ1) is 32.0. The Morgan fingerprint density at radius 3 is 1.95 bits per heavy atom. The molecule has 0 radical (unpaired) electrons. The molecule has 2 bridgehead atoms. The Bertz CT molecular complexity index is 2510. The van der Waals surface area contributed by atoms with Crippen LogP contribution in [0.1, 0.15) is 33.6 Å². The summed E-state index contributed by atoms with van der Waals surface area (Å²) >= 11 is 1.42. The monoisotopic (exact) mass is 907 g/mol. The summed E-state index contributed by atoms with van der Waals surface area (Å²) in [6.07, 6.45) is 0.717. The Kier molecular flexibility index (Phi) is 17.8. The van der Waals surface area contributed by atoms with Gasteiger partial charge in [0.25, 0.3) is 5.91 Å². The molecule has 14 heteroatoms. The van der Waals surface area contributed by atoms with E-state index in [0.29, 0.717) is 23.3 Å². The van der Waals surface area contributed by atoms with Crippen molar-refractivity contribution in [1.29, 1.82) is 0 Å². The van der Waals surface area contributed by atoms with Crippen LogP contribution in [0.25, 0.3) is 11.1 Å². The molecule has 5 aromatic carbocycles. The van der Waals surface area contributed by atoms with Gasteiger partial charge in [-0.2, -0.15) is 0 Å². The van der Waals surface area contributed by atoms with Crippen molar-refractivity contribution in [2.45, 2.75) is 63.2 Å². The quantitative estimate of drug-likeness (QED) is 0.0906. The number of hydrogen-bond acceptors (Lipinski definition) is 8. The molecule has 2 aliphatic heterocycles. The van der Waals surface area contributed by atoms with Crippen molar-refractivity contribution in [3.8, 4) is 16.9 Å². The van der Waals surface area contributed by atoms with Crippen LogP contribution >= 0.6 is 11.3 Å². The maximum atomic E-state index is 14.0. The van der Waals surface area contributed by atoms with Gasteiger partial charge in [0.1, 0.15) is 29.9 Å². The molecule has 0 unspecified atom stereocenters. The molecule has 3 heterocycles. The van der Waals surface area contributed by atoms with Crippen LogP contribution in [0, 0.1) is 6.92 Å². The van der Waals surface area contributed by atoms with E-state index in [9.17, 15) is 33.9 Å². The van der Waals surface area contributed by atoms with Gasteiger partial charge in [-0.15, -0.1) is 11.3 Å². The Hall–Kier alpha value is -7.58. The lowest BCUT2D eigenvalue weighted by atomic mass is 10.0. The number of benzene rings is 5. The van der Waals surface area contributed by atoms with Gasteiger partial charge in [-0.3, -0.25) is 24.0 Å². The van der Waals surface area contributed by atoms with Gasteiger partial charge in [0.05, 0.1) is 6.54 Å². The van der Waals surface area contributed by atoms with Gasteiger partial charge in [0, 0.05) is 24.1 Å². The molecule has 6 aromatic rings.